The van der Waals surface area contributed by atoms with Gasteiger partial charge in [0.25, 0.3) is 0 Å². The van der Waals surface area contributed by atoms with Crippen molar-refractivity contribution in [2.75, 3.05) is 6.54 Å². The fourth-order valence-corrected chi connectivity index (χ4v) is 0.745. The van der Waals surface area contributed by atoms with Gasteiger partial charge in [0, 0.05) is 12.5 Å². The van der Waals surface area contributed by atoms with E-state index in [0.717, 1.165) is 0 Å². The highest BCUT2D eigenvalue weighted by Gasteiger charge is 2.13. The fraction of sp³-hybridized carbons (Fsp3) is 0.750. The van der Waals surface area contributed by atoms with Crippen molar-refractivity contribution in [1.82, 2.24) is 5.32 Å². The zero-order valence-electron chi connectivity index (χ0n) is 8.06. The molecule has 0 radical (unpaired) electrons. The summed E-state index contributed by atoms with van der Waals surface area (Å²) >= 11 is 0. The highest BCUT2D eigenvalue weighted by Crippen LogP contribution is 1.92. The number of carbonyl (C=O) groups is 2. The number of hydrogen-bond acceptors (Lipinski definition) is 4. The Balaban J connectivity index is 3.59. The van der Waals surface area contributed by atoms with Crippen molar-refractivity contribution < 1.29 is 19.8 Å². The van der Waals surface area contributed by atoms with Crippen molar-refractivity contribution in [3.63, 3.8) is 0 Å². The first kappa shape index (κ1) is 12.9. The first-order valence-electron chi connectivity index (χ1n) is 4.36. The highest BCUT2D eigenvalue weighted by molar-refractivity contribution is 5.77. The van der Waals surface area contributed by atoms with Crippen LogP contribution in [-0.4, -0.2) is 40.8 Å². The maximum atomic E-state index is 11.0. The van der Waals surface area contributed by atoms with Crippen molar-refractivity contribution in [3.05, 3.63) is 0 Å². The molecule has 2 unspecified atom stereocenters. The lowest BCUT2D eigenvalue weighted by molar-refractivity contribution is -0.146. The molecule has 0 aliphatic carbocycles. The maximum absolute atomic E-state index is 11.0. The number of rotatable bonds is 6. The van der Waals surface area contributed by atoms with E-state index in [1.54, 1.807) is 6.92 Å². The van der Waals surface area contributed by atoms with Crippen molar-refractivity contribution in [2.24, 2.45) is 5.73 Å². The number of nitrogens with two attached hydrogens (primary N) is 1. The molecule has 0 aromatic rings. The van der Waals surface area contributed by atoms with Crippen molar-refractivity contribution in [3.8, 4) is 0 Å². The van der Waals surface area contributed by atoms with Crippen molar-refractivity contribution in [2.45, 2.75) is 31.9 Å². The fourth-order valence-electron chi connectivity index (χ4n) is 0.745. The van der Waals surface area contributed by atoms with Crippen LogP contribution in [0.5, 0.6) is 0 Å². The summed E-state index contributed by atoms with van der Waals surface area (Å²) in [6.45, 7) is 1.51. The summed E-state index contributed by atoms with van der Waals surface area (Å²) in [5.74, 6) is -1.65. The van der Waals surface area contributed by atoms with Crippen molar-refractivity contribution in [1.29, 1.82) is 0 Å². The van der Waals surface area contributed by atoms with Gasteiger partial charge < -0.3 is 21.3 Å². The number of aliphatic carboxylic acids is 1. The van der Waals surface area contributed by atoms with E-state index in [2.05, 4.69) is 5.32 Å². The molecule has 0 aromatic carbocycles. The summed E-state index contributed by atoms with van der Waals surface area (Å²) in [5.41, 5.74) is 5.42. The van der Waals surface area contributed by atoms with Crippen LogP contribution < -0.4 is 11.1 Å². The molecule has 0 heterocycles. The van der Waals surface area contributed by atoms with E-state index in [1.165, 1.54) is 0 Å². The lowest BCUT2D eigenvalue weighted by atomic mass is 10.2. The van der Waals surface area contributed by atoms with Crippen LogP contribution in [0.3, 0.4) is 0 Å². The van der Waals surface area contributed by atoms with Gasteiger partial charge in [-0.2, -0.15) is 0 Å². The monoisotopic (exact) mass is 204 g/mol. The van der Waals surface area contributed by atoms with Crippen LogP contribution in [0.4, 0.5) is 0 Å². The molecule has 0 bridgehead atoms. The first-order valence-corrected chi connectivity index (χ1v) is 4.36. The summed E-state index contributed by atoms with van der Waals surface area (Å²) in [6.07, 6.45) is -0.770. The lowest BCUT2D eigenvalue weighted by Crippen LogP contribution is -2.36. The SMILES string of the molecule is CC(N)CCC(=O)NCC(O)C(=O)O. The Bertz CT molecular complexity index is 206. The number of carboxylic acids is 1. The zero-order valence-corrected chi connectivity index (χ0v) is 8.06. The van der Waals surface area contributed by atoms with Gasteiger partial charge >= 0.3 is 5.97 Å². The Morgan fingerprint density at radius 1 is 1.50 bits per heavy atom. The van der Waals surface area contributed by atoms with E-state index in [1.807, 2.05) is 0 Å². The van der Waals surface area contributed by atoms with Crippen LogP contribution in [-0.2, 0) is 9.59 Å². The number of nitrogens with one attached hydrogen (secondary N) is 1. The van der Waals surface area contributed by atoms with Crippen LogP contribution in [0.2, 0.25) is 0 Å². The predicted molar refractivity (Wildman–Crippen MR) is 49.5 cm³/mol. The van der Waals surface area contributed by atoms with Gasteiger partial charge in [-0.25, -0.2) is 4.79 Å². The normalized spacial score (nSPS) is 14.5. The largest absolute Gasteiger partial charge is 0.479 e. The minimum absolute atomic E-state index is 0.0647. The number of aliphatic hydroxyl groups excluding tert-OH is 1. The Labute approximate surface area is 82.1 Å². The molecular weight excluding hydrogens is 188 g/mol. The van der Waals surface area contributed by atoms with Gasteiger partial charge in [-0.15, -0.1) is 0 Å². The molecule has 0 aliphatic rings. The van der Waals surface area contributed by atoms with E-state index in [-0.39, 0.29) is 24.9 Å². The van der Waals surface area contributed by atoms with Crippen LogP contribution in [0.1, 0.15) is 19.8 Å². The van der Waals surface area contributed by atoms with Gasteiger partial charge in [0.05, 0.1) is 6.54 Å². The Hall–Kier alpha value is -1.14. The average Bonchev–Trinajstić information content (AvgIpc) is 2.10. The molecule has 6 heteroatoms. The quantitative estimate of drug-likeness (QED) is 0.428. The lowest BCUT2D eigenvalue weighted by Gasteiger charge is -2.08. The van der Waals surface area contributed by atoms with Crippen LogP contribution in [0, 0.1) is 0 Å². The molecule has 2 atom stereocenters. The molecule has 0 saturated carbocycles. The van der Waals surface area contributed by atoms with Crippen molar-refractivity contribution >= 4 is 11.9 Å². The van der Waals surface area contributed by atoms with Gasteiger partial charge in [-0.1, -0.05) is 0 Å². The smallest absolute Gasteiger partial charge is 0.334 e. The summed E-state index contributed by atoms with van der Waals surface area (Å²) in [6, 6.07) is -0.0647. The standard InChI is InChI=1S/C8H16N2O4/c1-5(9)2-3-7(12)10-4-6(11)8(13)14/h5-6,11H,2-4,9H2,1H3,(H,10,12)(H,13,14). The minimum Gasteiger partial charge on any atom is -0.479 e. The predicted octanol–water partition coefficient (Wildman–Crippen LogP) is -1.32. The molecule has 5 N–H and O–H groups in total. The Morgan fingerprint density at radius 3 is 2.50 bits per heavy atom. The summed E-state index contributed by atoms with van der Waals surface area (Å²) in [4.78, 5) is 21.2. The topological polar surface area (TPSA) is 113 Å². The summed E-state index contributed by atoms with van der Waals surface area (Å²) in [7, 11) is 0. The minimum atomic E-state index is -1.55. The second-order valence-electron chi connectivity index (χ2n) is 3.17. The molecule has 0 spiro atoms. The molecule has 0 aliphatic heterocycles. The molecule has 0 rings (SSSR count). The van der Waals surface area contributed by atoms with E-state index in [4.69, 9.17) is 15.9 Å². The average molecular weight is 204 g/mol. The number of carboxylic acid groups (broad SMARTS) is 1. The number of aliphatic hydroxyl groups is 1. The van der Waals surface area contributed by atoms with Crippen LogP contribution in [0.25, 0.3) is 0 Å². The van der Waals surface area contributed by atoms with E-state index in [9.17, 15) is 9.59 Å². The molecule has 14 heavy (non-hydrogen) atoms. The van der Waals surface area contributed by atoms with Crippen LogP contribution >= 0.6 is 0 Å². The third kappa shape index (κ3) is 6.38. The second kappa shape index (κ2) is 6.33. The first-order chi connectivity index (χ1) is 6.43. The highest BCUT2D eigenvalue weighted by atomic mass is 16.4. The Kier molecular flexibility index (Phi) is 5.82. The van der Waals surface area contributed by atoms with E-state index >= 15 is 0 Å². The molecule has 82 valence electrons. The number of amides is 1. The molecule has 6 nitrogen and oxygen atoms in total. The molecule has 0 aromatic heterocycles. The van der Waals surface area contributed by atoms with Crippen LogP contribution in [0.15, 0.2) is 0 Å². The number of hydrogen-bond donors (Lipinski definition) is 4. The molecular formula is C8H16N2O4. The van der Waals surface area contributed by atoms with E-state index < -0.39 is 12.1 Å². The van der Waals surface area contributed by atoms with Gasteiger partial charge in [-0.3, -0.25) is 4.79 Å². The Morgan fingerprint density at radius 2 is 2.07 bits per heavy atom. The summed E-state index contributed by atoms with van der Waals surface area (Å²) < 4.78 is 0. The second-order valence-corrected chi connectivity index (χ2v) is 3.17. The molecule has 0 fully saturated rings. The van der Waals surface area contributed by atoms with Gasteiger partial charge in [0.1, 0.15) is 0 Å². The maximum Gasteiger partial charge on any atom is 0.334 e. The summed E-state index contributed by atoms with van der Waals surface area (Å²) in [5, 5.41) is 19.4. The third-order valence-corrected chi connectivity index (χ3v) is 1.60. The van der Waals surface area contributed by atoms with Gasteiger partial charge in [0.15, 0.2) is 6.10 Å². The third-order valence-electron chi connectivity index (χ3n) is 1.60. The zero-order chi connectivity index (χ0) is 11.1. The molecule has 0 saturated heterocycles. The van der Waals surface area contributed by atoms with Gasteiger partial charge in [0.2, 0.25) is 5.91 Å². The van der Waals surface area contributed by atoms with Gasteiger partial charge in [-0.05, 0) is 13.3 Å². The number of carbonyl (C=O) groups excluding carboxylic acids is 1. The van der Waals surface area contributed by atoms with E-state index in [0.29, 0.717) is 6.42 Å². The molecule has 1 amide bonds.